The second kappa shape index (κ2) is 3.72. The number of aromatic nitrogens is 2. The van der Waals surface area contributed by atoms with Gasteiger partial charge in [-0.15, -0.1) is 0 Å². The van der Waals surface area contributed by atoms with Gasteiger partial charge in [0.25, 0.3) is 0 Å². The average Bonchev–Trinajstić information content (AvgIpc) is 2.46. The molecular weight excluding hydrogens is 168 g/mol. The van der Waals surface area contributed by atoms with Crippen LogP contribution in [0.5, 0.6) is 0 Å². The standard InChI is InChI=1S/C8H10N4O/c1-6-7(3-9)4-12(11-6)5-8(13)10-2/h4H,5H2,1-2H3,(H,10,13). The Morgan fingerprint density at radius 3 is 3.00 bits per heavy atom. The molecule has 0 bridgehead atoms. The summed E-state index contributed by atoms with van der Waals surface area (Å²) in [6.45, 7) is 1.89. The van der Waals surface area contributed by atoms with Crippen molar-refractivity contribution in [2.45, 2.75) is 13.5 Å². The zero-order valence-corrected chi connectivity index (χ0v) is 7.53. The van der Waals surface area contributed by atoms with Crippen molar-refractivity contribution in [3.05, 3.63) is 17.5 Å². The van der Waals surface area contributed by atoms with E-state index in [2.05, 4.69) is 10.4 Å². The molecular formula is C8H10N4O. The highest BCUT2D eigenvalue weighted by Crippen LogP contribution is 2.02. The van der Waals surface area contributed by atoms with Crippen LogP contribution in [0.25, 0.3) is 0 Å². The summed E-state index contributed by atoms with van der Waals surface area (Å²) >= 11 is 0. The van der Waals surface area contributed by atoms with E-state index in [4.69, 9.17) is 5.26 Å². The van der Waals surface area contributed by atoms with Crippen molar-refractivity contribution in [2.75, 3.05) is 7.05 Å². The van der Waals surface area contributed by atoms with E-state index in [1.165, 1.54) is 4.68 Å². The Morgan fingerprint density at radius 1 is 1.85 bits per heavy atom. The molecule has 1 aromatic heterocycles. The van der Waals surface area contributed by atoms with Crippen LogP contribution in [0.4, 0.5) is 0 Å². The van der Waals surface area contributed by atoms with Crippen LogP contribution in [-0.4, -0.2) is 22.7 Å². The lowest BCUT2D eigenvalue weighted by molar-refractivity contribution is -0.121. The third-order valence-corrected chi connectivity index (χ3v) is 1.65. The van der Waals surface area contributed by atoms with Gasteiger partial charge >= 0.3 is 0 Å². The number of nitrogens with one attached hydrogen (secondary N) is 1. The highest BCUT2D eigenvalue weighted by atomic mass is 16.1. The molecule has 0 aliphatic carbocycles. The number of amides is 1. The topological polar surface area (TPSA) is 70.7 Å². The summed E-state index contributed by atoms with van der Waals surface area (Å²) in [6, 6.07) is 1.99. The molecule has 13 heavy (non-hydrogen) atoms. The molecule has 68 valence electrons. The maximum absolute atomic E-state index is 10.9. The number of likely N-dealkylation sites (N-methyl/N-ethyl adjacent to an activating group) is 1. The molecule has 1 N–H and O–H groups in total. The fraction of sp³-hybridized carbons (Fsp3) is 0.375. The quantitative estimate of drug-likeness (QED) is 0.682. The van der Waals surface area contributed by atoms with Gasteiger partial charge in [0.05, 0.1) is 11.3 Å². The van der Waals surface area contributed by atoms with Gasteiger partial charge in [-0.25, -0.2) is 0 Å². The maximum Gasteiger partial charge on any atom is 0.241 e. The molecule has 1 heterocycles. The number of carbonyl (C=O) groups is 1. The molecule has 0 aromatic carbocycles. The highest BCUT2D eigenvalue weighted by Gasteiger charge is 2.05. The molecule has 1 aromatic rings. The molecule has 1 amide bonds. The number of nitriles is 1. The molecule has 5 heteroatoms. The molecule has 0 saturated carbocycles. The number of nitrogens with zero attached hydrogens (tertiary/aromatic N) is 3. The van der Waals surface area contributed by atoms with E-state index in [0.717, 1.165) is 0 Å². The van der Waals surface area contributed by atoms with Gasteiger partial charge in [-0.1, -0.05) is 0 Å². The summed E-state index contributed by atoms with van der Waals surface area (Å²) in [4.78, 5) is 10.9. The molecule has 0 spiro atoms. The molecule has 1 rings (SSSR count). The van der Waals surface area contributed by atoms with Crippen molar-refractivity contribution in [3.63, 3.8) is 0 Å². The van der Waals surface area contributed by atoms with Gasteiger partial charge in [-0.2, -0.15) is 10.4 Å². The van der Waals surface area contributed by atoms with Gasteiger partial charge < -0.3 is 5.32 Å². The summed E-state index contributed by atoms with van der Waals surface area (Å²) < 4.78 is 1.45. The number of aryl methyl sites for hydroxylation is 1. The van der Waals surface area contributed by atoms with Gasteiger partial charge in [0.1, 0.15) is 12.6 Å². The van der Waals surface area contributed by atoms with E-state index in [1.807, 2.05) is 6.07 Å². The largest absolute Gasteiger partial charge is 0.358 e. The number of carbonyl (C=O) groups excluding carboxylic acids is 1. The van der Waals surface area contributed by atoms with Crippen LogP contribution in [-0.2, 0) is 11.3 Å². The predicted octanol–water partition coefficient (Wildman–Crippen LogP) is -0.191. The van der Waals surface area contributed by atoms with Gasteiger partial charge in [0.2, 0.25) is 5.91 Å². The lowest BCUT2D eigenvalue weighted by Gasteiger charge is -1.98. The maximum atomic E-state index is 10.9. The van der Waals surface area contributed by atoms with E-state index in [9.17, 15) is 4.79 Å². The van der Waals surface area contributed by atoms with E-state index >= 15 is 0 Å². The number of hydrogen-bond acceptors (Lipinski definition) is 3. The Morgan fingerprint density at radius 2 is 2.54 bits per heavy atom. The van der Waals surface area contributed by atoms with E-state index in [0.29, 0.717) is 11.3 Å². The van der Waals surface area contributed by atoms with E-state index in [-0.39, 0.29) is 12.5 Å². The highest BCUT2D eigenvalue weighted by molar-refractivity contribution is 5.75. The summed E-state index contributed by atoms with van der Waals surface area (Å²) in [6.07, 6.45) is 1.56. The summed E-state index contributed by atoms with van der Waals surface area (Å²) in [5.41, 5.74) is 1.15. The monoisotopic (exact) mass is 178 g/mol. The van der Waals surface area contributed by atoms with Crippen molar-refractivity contribution in [1.82, 2.24) is 15.1 Å². The first kappa shape index (κ1) is 9.26. The lowest BCUT2D eigenvalue weighted by Crippen LogP contribution is -2.23. The second-order valence-corrected chi connectivity index (χ2v) is 2.61. The average molecular weight is 178 g/mol. The summed E-state index contributed by atoms with van der Waals surface area (Å²) in [5.74, 6) is -0.132. The van der Waals surface area contributed by atoms with Crippen molar-refractivity contribution < 1.29 is 4.79 Å². The molecule has 0 radical (unpaired) electrons. The van der Waals surface area contributed by atoms with E-state index in [1.54, 1.807) is 20.2 Å². The second-order valence-electron chi connectivity index (χ2n) is 2.61. The first-order valence-corrected chi connectivity index (χ1v) is 3.82. The Bertz CT molecular complexity index is 361. The molecule has 0 aliphatic heterocycles. The molecule has 0 aliphatic rings. The zero-order chi connectivity index (χ0) is 9.84. The molecule has 0 unspecified atom stereocenters. The van der Waals surface area contributed by atoms with Crippen LogP contribution in [0.15, 0.2) is 6.20 Å². The van der Waals surface area contributed by atoms with Crippen LogP contribution in [0.1, 0.15) is 11.3 Å². The normalized spacial score (nSPS) is 9.31. The van der Waals surface area contributed by atoms with Crippen LogP contribution in [0, 0.1) is 18.3 Å². The SMILES string of the molecule is CNC(=O)Cn1cc(C#N)c(C)n1. The van der Waals surface area contributed by atoms with Crippen molar-refractivity contribution in [3.8, 4) is 6.07 Å². The van der Waals surface area contributed by atoms with Gasteiger partial charge in [0, 0.05) is 13.2 Å². The fourth-order valence-electron chi connectivity index (χ4n) is 0.935. The van der Waals surface area contributed by atoms with Gasteiger partial charge in [0.15, 0.2) is 0 Å². The Balaban J connectivity index is 2.81. The zero-order valence-electron chi connectivity index (χ0n) is 7.53. The Kier molecular flexibility index (Phi) is 2.65. The van der Waals surface area contributed by atoms with Gasteiger partial charge in [-0.3, -0.25) is 9.48 Å². The van der Waals surface area contributed by atoms with Crippen LogP contribution < -0.4 is 5.32 Å². The summed E-state index contributed by atoms with van der Waals surface area (Å²) in [7, 11) is 1.56. The third-order valence-electron chi connectivity index (χ3n) is 1.65. The Labute approximate surface area is 76.0 Å². The molecule has 5 nitrogen and oxygen atoms in total. The Hall–Kier alpha value is -1.83. The molecule has 0 saturated heterocycles. The van der Waals surface area contributed by atoms with Gasteiger partial charge in [-0.05, 0) is 6.92 Å². The first-order valence-electron chi connectivity index (χ1n) is 3.82. The fourth-order valence-corrected chi connectivity index (χ4v) is 0.935. The van der Waals surface area contributed by atoms with Crippen LogP contribution >= 0.6 is 0 Å². The first-order chi connectivity index (χ1) is 6.17. The minimum atomic E-state index is -0.132. The number of hydrogen-bond donors (Lipinski definition) is 1. The predicted molar refractivity (Wildman–Crippen MR) is 45.7 cm³/mol. The minimum absolute atomic E-state index is 0.132. The number of rotatable bonds is 2. The van der Waals surface area contributed by atoms with Crippen molar-refractivity contribution in [2.24, 2.45) is 0 Å². The minimum Gasteiger partial charge on any atom is -0.358 e. The lowest BCUT2D eigenvalue weighted by atomic mass is 10.3. The third kappa shape index (κ3) is 2.06. The van der Waals surface area contributed by atoms with Crippen LogP contribution in [0.2, 0.25) is 0 Å². The molecule has 0 atom stereocenters. The van der Waals surface area contributed by atoms with E-state index < -0.39 is 0 Å². The summed E-state index contributed by atoms with van der Waals surface area (Å²) in [5, 5.41) is 15.1. The van der Waals surface area contributed by atoms with Crippen molar-refractivity contribution in [1.29, 1.82) is 5.26 Å². The van der Waals surface area contributed by atoms with Crippen molar-refractivity contribution >= 4 is 5.91 Å². The molecule has 0 fully saturated rings. The smallest absolute Gasteiger partial charge is 0.241 e. The van der Waals surface area contributed by atoms with Crippen LogP contribution in [0.3, 0.4) is 0 Å².